The standard InChI is InChI=1S/C12H10N2O4/c13-11(17)8-3-7(5-14-12(8)18)6-1-2-9(15)10(16)4-6/h1-5,15-16H,(H2,13,17)(H,14,18). The molecule has 1 aromatic heterocycles. The largest absolute Gasteiger partial charge is 0.504 e. The zero-order chi connectivity index (χ0) is 13.3. The first kappa shape index (κ1) is 11.7. The van der Waals surface area contributed by atoms with Gasteiger partial charge in [0.1, 0.15) is 5.56 Å². The number of aromatic nitrogens is 1. The van der Waals surface area contributed by atoms with Crippen LogP contribution < -0.4 is 11.3 Å². The predicted octanol–water partition coefficient (Wildman–Crippen LogP) is 0.552. The van der Waals surface area contributed by atoms with Crippen LogP contribution in [0.25, 0.3) is 11.1 Å². The maximum atomic E-state index is 11.3. The van der Waals surface area contributed by atoms with Gasteiger partial charge in [0.05, 0.1) is 0 Å². The number of phenolic OH excluding ortho intramolecular Hbond substituents is 2. The number of nitrogens with one attached hydrogen (secondary N) is 1. The van der Waals surface area contributed by atoms with Gasteiger partial charge in [0.2, 0.25) is 0 Å². The molecule has 2 rings (SSSR count). The minimum atomic E-state index is -0.832. The highest BCUT2D eigenvalue weighted by Gasteiger charge is 2.09. The molecule has 18 heavy (non-hydrogen) atoms. The molecule has 1 amide bonds. The van der Waals surface area contributed by atoms with Crippen LogP contribution in [0.15, 0.2) is 35.3 Å². The summed E-state index contributed by atoms with van der Waals surface area (Å²) in [6.45, 7) is 0. The Morgan fingerprint density at radius 1 is 1.11 bits per heavy atom. The normalized spacial score (nSPS) is 10.2. The van der Waals surface area contributed by atoms with Gasteiger partial charge in [0, 0.05) is 6.20 Å². The van der Waals surface area contributed by atoms with Gasteiger partial charge in [-0.25, -0.2) is 0 Å². The molecule has 2 aromatic rings. The molecular formula is C12H10N2O4. The maximum Gasteiger partial charge on any atom is 0.260 e. The Hall–Kier alpha value is -2.76. The van der Waals surface area contributed by atoms with Gasteiger partial charge in [-0.05, 0) is 29.3 Å². The first-order chi connectivity index (χ1) is 8.49. The fourth-order valence-electron chi connectivity index (χ4n) is 1.54. The van der Waals surface area contributed by atoms with Crippen molar-refractivity contribution in [2.45, 2.75) is 0 Å². The first-order valence-corrected chi connectivity index (χ1v) is 5.04. The highest BCUT2D eigenvalue weighted by Crippen LogP contribution is 2.30. The van der Waals surface area contributed by atoms with E-state index in [0.717, 1.165) is 0 Å². The minimum absolute atomic E-state index is 0.167. The van der Waals surface area contributed by atoms with Crippen LogP contribution in [0.2, 0.25) is 0 Å². The summed E-state index contributed by atoms with van der Waals surface area (Å²) in [6.07, 6.45) is 1.39. The van der Waals surface area contributed by atoms with Gasteiger partial charge in [-0.1, -0.05) is 6.07 Å². The average molecular weight is 246 g/mol. The van der Waals surface area contributed by atoms with Crippen LogP contribution in [0.1, 0.15) is 10.4 Å². The molecule has 0 atom stereocenters. The van der Waals surface area contributed by atoms with E-state index in [4.69, 9.17) is 5.73 Å². The van der Waals surface area contributed by atoms with E-state index in [1.54, 1.807) is 0 Å². The Labute approximate surface area is 101 Å². The molecule has 0 aliphatic heterocycles. The number of hydrogen-bond donors (Lipinski definition) is 4. The summed E-state index contributed by atoms with van der Waals surface area (Å²) in [5, 5.41) is 18.6. The van der Waals surface area contributed by atoms with Crippen molar-refractivity contribution >= 4 is 5.91 Å². The van der Waals surface area contributed by atoms with E-state index in [2.05, 4.69) is 4.98 Å². The number of aromatic hydroxyl groups is 2. The SMILES string of the molecule is NC(=O)c1cc(-c2ccc(O)c(O)c2)c[nH]c1=O. The molecule has 6 nitrogen and oxygen atoms in total. The molecule has 0 bridgehead atoms. The first-order valence-electron chi connectivity index (χ1n) is 5.04. The van der Waals surface area contributed by atoms with Crippen LogP contribution in [0.4, 0.5) is 0 Å². The third-order valence-electron chi connectivity index (χ3n) is 2.48. The molecule has 6 heteroatoms. The van der Waals surface area contributed by atoms with E-state index in [9.17, 15) is 19.8 Å². The molecule has 0 saturated heterocycles. The Balaban J connectivity index is 2.57. The summed E-state index contributed by atoms with van der Waals surface area (Å²) in [5.41, 5.74) is 5.36. The third-order valence-corrected chi connectivity index (χ3v) is 2.48. The number of amides is 1. The number of phenols is 2. The van der Waals surface area contributed by atoms with Crippen molar-refractivity contribution in [2.75, 3.05) is 0 Å². The lowest BCUT2D eigenvalue weighted by Gasteiger charge is -2.04. The molecule has 0 fully saturated rings. The van der Waals surface area contributed by atoms with Crippen molar-refractivity contribution in [3.05, 3.63) is 46.4 Å². The van der Waals surface area contributed by atoms with Crippen LogP contribution in [-0.4, -0.2) is 21.1 Å². The number of carbonyl (C=O) groups is 1. The molecule has 5 N–H and O–H groups in total. The zero-order valence-electron chi connectivity index (χ0n) is 9.18. The molecule has 0 radical (unpaired) electrons. The van der Waals surface area contributed by atoms with Crippen molar-refractivity contribution in [3.8, 4) is 22.6 Å². The van der Waals surface area contributed by atoms with E-state index in [1.807, 2.05) is 0 Å². The van der Waals surface area contributed by atoms with Gasteiger partial charge in [0.15, 0.2) is 11.5 Å². The quantitative estimate of drug-likeness (QED) is 0.579. The molecule has 1 heterocycles. The van der Waals surface area contributed by atoms with Crippen LogP contribution >= 0.6 is 0 Å². The second-order valence-corrected chi connectivity index (χ2v) is 3.70. The van der Waals surface area contributed by atoms with E-state index >= 15 is 0 Å². The van der Waals surface area contributed by atoms with Crippen molar-refractivity contribution in [1.29, 1.82) is 0 Å². The Kier molecular flexibility index (Phi) is 2.77. The Morgan fingerprint density at radius 3 is 2.44 bits per heavy atom. The maximum absolute atomic E-state index is 11.3. The van der Waals surface area contributed by atoms with Gasteiger partial charge >= 0.3 is 0 Å². The number of nitrogens with two attached hydrogens (primary N) is 1. The van der Waals surface area contributed by atoms with Crippen molar-refractivity contribution < 1.29 is 15.0 Å². The Bertz CT molecular complexity index is 676. The molecule has 0 aliphatic carbocycles. The fraction of sp³-hybridized carbons (Fsp3) is 0. The second kappa shape index (κ2) is 4.25. The number of pyridine rings is 1. The van der Waals surface area contributed by atoms with Gasteiger partial charge < -0.3 is 20.9 Å². The van der Waals surface area contributed by atoms with Crippen LogP contribution in [0, 0.1) is 0 Å². The summed E-state index contributed by atoms with van der Waals surface area (Å²) in [4.78, 5) is 24.7. The second-order valence-electron chi connectivity index (χ2n) is 3.70. The van der Waals surface area contributed by atoms with Gasteiger partial charge in [0.25, 0.3) is 11.5 Å². The fourth-order valence-corrected chi connectivity index (χ4v) is 1.54. The minimum Gasteiger partial charge on any atom is -0.504 e. The molecule has 0 unspecified atom stereocenters. The van der Waals surface area contributed by atoms with Crippen LogP contribution in [0.5, 0.6) is 11.5 Å². The number of H-pyrrole nitrogens is 1. The molecule has 92 valence electrons. The van der Waals surface area contributed by atoms with E-state index < -0.39 is 11.5 Å². The van der Waals surface area contributed by atoms with E-state index in [0.29, 0.717) is 11.1 Å². The van der Waals surface area contributed by atoms with Crippen molar-refractivity contribution in [1.82, 2.24) is 4.98 Å². The van der Waals surface area contributed by atoms with Gasteiger partial charge in [-0.3, -0.25) is 9.59 Å². The lowest BCUT2D eigenvalue weighted by atomic mass is 10.1. The van der Waals surface area contributed by atoms with Crippen LogP contribution in [-0.2, 0) is 0 Å². The number of aromatic amines is 1. The highest BCUT2D eigenvalue weighted by atomic mass is 16.3. The van der Waals surface area contributed by atoms with E-state index in [1.165, 1.54) is 30.5 Å². The molecule has 1 aromatic carbocycles. The summed E-state index contributed by atoms with van der Waals surface area (Å²) < 4.78 is 0. The lowest BCUT2D eigenvalue weighted by Crippen LogP contribution is -2.23. The topological polar surface area (TPSA) is 116 Å². The summed E-state index contributed by atoms with van der Waals surface area (Å²) in [6, 6.07) is 5.48. The number of benzene rings is 1. The Morgan fingerprint density at radius 2 is 1.83 bits per heavy atom. The van der Waals surface area contributed by atoms with Gasteiger partial charge in [-0.15, -0.1) is 0 Å². The monoisotopic (exact) mass is 246 g/mol. The van der Waals surface area contributed by atoms with Crippen molar-refractivity contribution in [2.24, 2.45) is 5.73 Å². The summed E-state index contributed by atoms with van der Waals surface area (Å²) in [5.74, 6) is -1.38. The molecule has 0 aliphatic rings. The summed E-state index contributed by atoms with van der Waals surface area (Å²) >= 11 is 0. The van der Waals surface area contributed by atoms with E-state index in [-0.39, 0.29) is 17.1 Å². The zero-order valence-corrected chi connectivity index (χ0v) is 9.18. The van der Waals surface area contributed by atoms with Gasteiger partial charge in [-0.2, -0.15) is 0 Å². The smallest absolute Gasteiger partial charge is 0.260 e. The number of hydrogen-bond acceptors (Lipinski definition) is 4. The molecule has 0 saturated carbocycles. The average Bonchev–Trinajstić information content (AvgIpc) is 2.33. The number of rotatable bonds is 2. The van der Waals surface area contributed by atoms with Crippen LogP contribution in [0.3, 0.4) is 0 Å². The van der Waals surface area contributed by atoms with Crippen molar-refractivity contribution in [3.63, 3.8) is 0 Å². The summed E-state index contributed by atoms with van der Waals surface area (Å²) in [7, 11) is 0. The predicted molar refractivity (Wildman–Crippen MR) is 64.3 cm³/mol. The third kappa shape index (κ3) is 2.03. The lowest BCUT2D eigenvalue weighted by molar-refractivity contribution is 0.0999. The molecular weight excluding hydrogens is 236 g/mol. The molecule has 0 spiro atoms. The number of primary amides is 1. The highest BCUT2D eigenvalue weighted by molar-refractivity contribution is 5.93. The number of carbonyl (C=O) groups excluding carboxylic acids is 1.